The lowest BCUT2D eigenvalue weighted by Crippen LogP contribution is -2.26. The van der Waals surface area contributed by atoms with Crippen LogP contribution in [0.25, 0.3) is 0 Å². The first-order chi connectivity index (χ1) is 13.4. The van der Waals surface area contributed by atoms with Crippen molar-refractivity contribution >= 4 is 31.3 Å². The Labute approximate surface area is 168 Å². The number of rotatable bonds is 7. The predicted octanol–water partition coefficient (Wildman–Crippen LogP) is 2.18. The van der Waals surface area contributed by atoms with E-state index < -0.39 is 37.1 Å². The summed E-state index contributed by atoms with van der Waals surface area (Å²) in [5.74, 6) is -1.13. The summed E-state index contributed by atoms with van der Waals surface area (Å²) < 4.78 is 52.1. The zero-order valence-corrected chi connectivity index (χ0v) is 17.9. The van der Waals surface area contributed by atoms with Gasteiger partial charge in [0, 0.05) is 18.4 Å². The van der Waals surface area contributed by atoms with E-state index in [0.717, 1.165) is 17.9 Å². The molecule has 2 rings (SSSR count). The first-order valence-corrected chi connectivity index (χ1v) is 11.8. The van der Waals surface area contributed by atoms with Gasteiger partial charge < -0.3 is 5.11 Å². The van der Waals surface area contributed by atoms with Crippen LogP contribution < -0.4 is 5.56 Å². The van der Waals surface area contributed by atoms with Gasteiger partial charge in [-0.25, -0.2) is 8.42 Å². The van der Waals surface area contributed by atoms with Crippen LogP contribution in [-0.2, 0) is 36.4 Å². The summed E-state index contributed by atoms with van der Waals surface area (Å²) in [6, 6.07) is 5.58. The van der Waals surface area contributed by atoms with Gasteiger partial charge >= 0.3 is 0 Å². The van der Waals surface area contributed by atoms with Gasteiger partial charge in [0.05, 0.1) is 17.7 Å². The molecule has 0 aliphatic rings. The Morgan fingerprint density at radius 2 is 1.69 bits per heavy atom. The average molecular weight is 444 g/mol. The SMILES string of the molecule is CCn1c(O)c(/N=N/c2ccc(S(C)(=O)=O)cc2)c(C)c(CS(=O)(=O)OC)c1=O. The van der Waals surface area contributed by atoms with Gasteiger partial charge in [0.25, 0.3) is 15.7 Å². The largest absolute Gasteiger partial charge is 0.493 e. The molecule has 0 spiro atoms. The highest BCUT2D eigenvalue weighted by atomic mass is 32.2. The van der Waals surface area contributed by atoms with Crippen LogP contribution in [0.4, 0.5) is 11.4 Å². The predicted molar refractivity (Wildman–Crippen MR) is 106 cm³/mol. The Morgan fingerprint density at radius 1 is 1.10 bits per heavy atom. The second-order valence-electron chi connectivity index (χ2n) is 6.16. The van der Waals surface area contributed by atoms with Crippen LogP contribution in [0.1, 0.15) is 18.1 Å². The number of aromatic nitrogens is 1. The van der Waals surface area contributed by atoms with Crippen molar-refractivity contribution in [3.05, 3.63) is 45.7 Å². The minimum Gasteiger partial charge on any atom is -0.493 e. The van der Waals surface area contributed by atoms with Gasteiger partial charge in [-0.2, -0.15) is 13.5 Å². The number of azo groups is 1. The van der Waals surface area contributed by atoms with E-state index >= 15 is 0 Å². The standard InChI is InChI=1S/C17H21N3O7S2/c1-5-20-16(21)14(10-29(25,26)27-3)11(2)15(17(20)22)19-18-12-6-8-13(9-7-12)28(4,23)24/h6-9,22H,5,10H2,1-4H3/b19-18+. The lowest BCUT2D eigenvalue weighted by atomic mass is 10.1. The van der Waals surface area contributed by atoms with Crippen molar-refractivity contribution < 1.29 is 26.1 Å². The summed E-state index contributed by atoms with van der Waals surface area (Å²) in [6.45, 7) is 3.13. The highest BCUT2D eigenvalue weighted by Crippen LogP contribution is 2.33. The van der Waals surface area contributed by atoms with E-state index in [0.29, 0.717) is 5.69 Å². The summed E-state index contributed by atoms with van der Waals surface area (Å²) in [4.78, 5) is 12.7. The Balaban J connectivity index is 2.57. The first kappa shape index (κ1) is 22.7. The molecule has 0 atom stereocenters. The Bertz CT molecular complexity index is 1210. The van der Waals surface area contributed by atoms with Crippen molar-refractivity contribution in [1.29, 1.82) is 0 Å². The molecular formula is C17H21N3O7S2. The van der Waals surface area contributed by atoms with Crippen molar-refractivity contribution in [2.75, 3.05) is 13.4 Å². The fourth-order valence-corrected chi connectivity index (χ4v) is 3.99. The monoisotopic (exact) mass is 443 g/mol. The molecule has 0 saturated heterocycles. The summed E-state index contributed by atoms with van der Waals surface area (Å²) in [6.07, 6.45) is 1.08. The molecule has 158 valence electrons. The number of hydrogen-bond donors (Lipinski definition) is 1. The second kappa shape index (κ2) is 8.43. The molecular weight excluding hydrogens is 422 g/mol. The maximum atomic E-state index is 12.5. The number of benzene rings is 1. The van der Waals surface area contributed by atoms with E-state index in [2.05, 4.69) is 14.4 Å². The molecule has 2 aromatic rings. The molecule has 12 heteroatoms. The molecule has 0 aliphatic heterocycles. The molecule has 1 heterocycles. The maximum absolute atomic E-state index is 12.5. The number of sulfone groups is 1. The van der Waals surface area contributed by atoms with Crippen LogP contribution in [0.15, 0.2) is 44.2 Å². The lowest BCUT2D eigenvalue weighted by Gasteiger charge is -2.14. The highest BCUT2D eigenvalue weighted by molar-refractivity contribution is 7.90. The third-order valence-corrected chi connectivity index (χ3v) is 6.48. The molecule has 0 amide bonds. The molecule has 0 aliphatic carbocycles. The van der Waals surface area contributed by atoms with Gasteiger partial charge in [-0.15, -0.1) is 5.11 Å². The van der Waals surface area contributed by atoms with E-state index in [1.54, 1.807) is 6.92 Å². The Morgan fingerprint density at radius 3 is 2.17 bits per heavy atom. The van der Waals surface area contributed by atoms with Gasteiger partial charge in [-0.05, 0) is 43.7 Å². The van der Waals surface area contributed by atoms with E-state index in [1.807, 2.05) is 0 Å². The molecule has 0 saturated carbocycles. The first-order valence-electron chi connectivity index (χ1n) is 8.36. The molecule has 0 bridgehead atoms. The van der Waals surface area contributed by atoms with Crippen LogP contribution in [0.2, 0.25) is 0 Å². The van der Waals surface area contributed by atoms with Crippen molar-refractivity contribution in [3.8, 4) is 5.88 Å². The molecule has 0 radical (unpaired) electrons. The molecule has 0 fully saturated rings. The number of aromatic hydroxyl groups is 1. The average Bonchev–Trinajstić information content (AvgIpc) is 2.65. The van der Waals surface area contributed by atoms with Gasteiger partial charge in [-0.1, -0.05) is 0 Å². The van der Waals surface area contributed by atoms with Crippen molar-refractivity contribution in [1.82, 2.24) is 4.57 Å². The summed E-state index contributed by atoms with van der Waals surface area (Å²) in [7, 11) is -6.35. The Kier molecular flexibility index (Phi) is 6.60. The van der Waals surface area contributed by atoms with Crippen molar-refractivity contribution in [3.63, 3.8) is 0 Å². The molecule has 0 unspecified atom stereocenters. The number of hydrogen-bond acceptors (Lipinski definition) is 9. The second-order valence-corrected chi connectivity index (χ2v) is 9.91. The van der Waals surface area contributed by atoms with Gasteiger partial charge in [0.2, 0.25) is 5.88 Å². The third kappa shape index (κ3) is 5.08. The highest BCUT2D eigenvalue weighted by Gasteiger charge is 2.23. The summed E-state index contributed by atoms with van der Waals surface area (Å²) in [5.41, 5.74) is -0.377. The quantitative estimate of drug-likeness (QED) is 0.510. The molecule has 10 nitrogen and oxygen atoms in total. The fourth-order valence-electron chi connectivity index (χ4n) is 2.54. The van der Waals surface area contributed by atoms with Crippen molar-refractivity contribution in [2.24, 2.45) is 10.2 Å². The minimum absolute atomic E-state index is 0.0695. The summed E-state index contributed by atoms with van der Waals surface area (Å²) >= 11 is 0. The lowest BCUT2D eigenvalue weighted by molar-refractivity contribution is 0.395. The topological polar surface area (TPSA) is 144 Å². The maximum Gasteiger partial charge on any atom is 0.271 e. The third-order valence-electron chi connectivity index (χ3n) is 4.20. The van der Waals surface area contributed by atoms with Gasteiger partial charge in [0.15, 0.2) is 9.84 Å². The van der Waals surface area contributed by atoms with Crippen LogP contribution in [0.5, 0.6) is 5.88 Å². The van der Waals surface area contributed by atoms with Gasteiger partial charge in [0.1, 0.15) is 11.4 Å². The van der Waals surface area contributed by atoms with Crippen molar-refractivity contribution in [2.45, 2.75) is 31.0 Å². The zero-order chi connectivity index (χ0) is 22.0. The Hall–Kier alpha value is -2.57. The van der Waals surface area contributed by atoms with E-state index in [9.17, 15) is 26.7 Å². The molecule has 1 N–H and O–H groups in total. The molecule has 1 aromatic carbocycles. The fraction of sp³-hybridized carbons (Fsp3) is 0.353. The smallest absolute Gasteiger partial charge is 0.271 e. The number of pyridine rings is 1. The van der Waals surface area contributed by atoms with Crippen LogP contribution in [0.3, 0.4) is 0 Å². The zero-order valence-electron chi connectivity index (χ0n) is 16.3. The normalized spacial score (nSPS) is 12.6. The van der Waals surface area contributed by atoms with E-state index in [4.69, 9.17) is 0 Å². The number of nitrogens with zero attached hydrogens (tertiary/aromatic N) is 3. The molecule has 29 heavy (non-hydrogen) atoms. The van der Waals surface area contributed by atoms with E-state index in [1.165, 1.54) is 31.2 Å². The van der Waals surface area contributed by atoms with Gasteiger partial charge in [-0.3, -0.25) is 13.5 Å². The van der Waals surface area contributed by atoms with E-state index in [-0.39, 0.29) is 28.3 Å². The summed E-state index contributed by atoms with van der Waals surface area (Å²) in [5, 5.41) is 18.3. The minimum atomic E-state index is -3.98. The van der Waals surface area contributed by atoms with Crippen LogP contribution >= 0.6 is 0 Å². The van der Waals surface area contributed by atoms with Crippen LogP contribution in [-0.4, -0.2) is 39.9 Å². The van der Waals surface area contributed by atoms with Crippen LogP contribution in [0, 0.1) is 6.92 Å². The molecule has 1 aromatic heterocycles.